The Morgan fingerprint density at radius 1 is 0.373 bits per heavy atom. The molecule has 0 aliphatic heterocycles. The Kier molecular flexibility index (Phi) is 7.47. The molecule has 0 unspecified atom stereocenters. The lowest BCUT2D eigenvalue weighted by atomic mass is 10.0. The minimum atomic E-state index is 0.552. The number of para-hydroxylation sites is 1. The van der Waals surface area contributed by atoms with Gasteiger partial charge in [-0.25, -0.2) is 9.97 Å². The average Bonchev–Trinajstić information content (AvgIpc) is 3.86. The molecule has 0 amide bonds. The number of rotatable bonds is 6. The molecule has 0 saturated carbocycles. The van der Waals surface area contributed by atoms with E-state index >= 15 is 0 Å². The Balaban J connectivity index is 1.18. The molecule has 0 N–H and O–H groups in total. The highest BCUT2D eigenvalue weighted by Gasteiger charge is 2.25. The van der Waals surface area contributed by atoms with E-state index in [4.69, 9.17) is 18.8 Å². The summed E-state index contributed by atoms with van der Waals surface area (Å²) < 4.78 is 13.4. The minimum absolute atomic E-state index is 0.552. The molecule has 0 aliphatic carbocycles. The Bertz CT molecular complexity index is 3550. The van der Waals surface area contributed by atoms with Gasteiger partial charge in [0, 0.05) is 38.5 Å². The Labute approximate surface area is 339 Å². The summed E-state index contributed by atoms with van der Waals surface area (Å²) >= 11 is 0. The molecular weight excluding hydrogens is 723 g/mol. The first-order valence-electron chi connectivity index (χ1n) is 19.8. The van der Waals surface area contributed by atoms with Crippen LogP contribution in [0.5, 0.6) is 0 Å². The molecule has 9 aromatic carbocycles. The molecule has 59 heavy (non-hydrogen) atoms. The van der Waals surface area contributed by atoms with Crippen molar-refractivity contribution < 1.29 is 8.83 Å². The number of aromatic nitrogens is 2. The number of anilines is 3. The first-order chi connectivity index (χ1) is 29.2. The largest absolute Gasteiger partial charge is 0.455 e. The van der Waals surface area contributed by atoms with Gasteiger partial charge in [-0.1, -0.05) is 146 Å². The van der Waals surface area contributed by atoms with Crippen molar-refractivity contribution in [1.82, 2.24) is 9.97 Å². The normalized spacial score (nSPS) is 11.7. The van der Waals surface area contributed by atoms with Crippen molar-refractivity contribution in [2.24, 2.45) is 0 Å². The molecule has 0 atom stereocenters. The fraction of sp³-hybridized carbons (Fsp3) is 0. The third-order valence-corrected chi connectivity index (χ3v) is 11.4. The molecule has 0 saturated heterocycles. The van der Waals surface area contributed by atoms with E-state index in [1.807, 2.05) is 36.4 Å². The molecule has 0 bridgehead atoms. The zero-order chi connectivity index (χ0) is 38.9. The van der Waals surface area contributed by atoms with Gasteiger partial charge in [0.1, 0.15) is 28.0 Å². The van der Waals surface area contributed by atoms with E-state index in [0.717, 1.165) is 99.4 Å². The van der Waals surface area contributed by atoms with Gasteiger partial charge in [0.25, 0.3) is 0 Å². The molecule has 12 rings (SSSR count). The first-order valence-corrected chi connectivity index (χ1v) is 19.8. The van der Waals surface area contributed by atoms with Crippen LogP contribution in [0.4, 0.5) is 17.1 Å². The molecule has 0 fully saturated rings. The molecule has 0 radical (unpaired) electrons. The van der Waals surface area contributed by atoms with Gasteiger partial charge in [-0.2, -0.15) is 0 Å². The highest BCUT2D eigenvalue weighted by molar-refractivity contribution is 6.15. The summed E-state index contributed by atoms with van der Waals surface area (Å²) in [6, 6.07) is 69.9. The molecular formula is C54H33N3O2. The number of furan rings is 2. The van der Waals surface area contributed by atoms with Crippen molar-refractivity contribution in [3.63, 3.8) is 0 Å². The maximum absolute atomic E-state index is 6.93. The maximum atomic E-state index is 6.93. The summed E-state index contributed by atoms with van der Waals surface area (Å²) in [6.07, 6.45) is 0. The molecule has 276 valence electrons. The molecule has 12 aromatic rings. The second-order valence-electron chi connectivity index (χ2n) is 15.0. The second kappa shape index (κ2) is 13.3. The van der Waals surface area contributed by atoms with Crippen LogP contribution in [0.2, 0.25) is 0 Å². The van der Waals surface area contributed by atoms with Gasteiger partial charge in [0.05, 0.1) is 11.3 Å². The molecule has 0 spiro atoms. The van der Waals surface area contributed by atoms with Crippen LogP contribution in [0.25, 0.3) is 99.3 Å². The van der Waals surface area contributed by atoms with E-state index in [2.05, 4.69) is 169 Å². The van der Waals surface area contributed by atoms with Gasteiger partial charge in [-0.3, -0.25) is 0 Å². The highest BCUT2D eigenvalue weighted by Crippen LogP contribution is 2.46. The van der Waals surface area contributed by atoms with Gasteiger partial charge in [-0.15, -0.1) is 0 Å². The standard InChI is InChI=1S/C54H33N3O2/c1-3-14-34(15-4-1)35-26-28-40(29-27-35)57(47-24-13-21-36-16-9-10-22-42(36)47)41-32-45-44-30-38-19-7-8-20-39(38)31-49(44)59-52(45)46(33-41)54-55-50(37-17-5-2-6-18-37)53-51(56-54)43-23-11-12-25-48(43)58-53/h1-33H. The van der Waals surface area contributed by atoms with Crippen molar-refractivity contribution in [3.05, 3.63) is 200 Å². The highest BCUT2D eigenvalue weighted by atomic mass is 16.3. The number of benzene rings is 9. The van der Waals surface area contributed by atoms with Gasteiger partial charge >= 0.3 is 0 Å². The van der Waals surface area contributed by atoms with Crippen LogP contribution in [-0.4, -0.2) is 9.97 Å². The van der Waals surface area contributed by atoms with Gasteiger partial charge in [-0.05, 0) is 81.9 Å². The Morgan fingerprint density at radius 2 is 1.00 bits per heavy atom. The van der Waals surface area contributed by atoms with E-state index in [9.17, 15) is 0 Å². The lowest BCUT2D eigenvalue weighted by Crippen LogP contribution is -2.11. The maximum Gasteiger partial charge on any atom is 0.180 e. The van der Waals surface area contributed by atoms with Crippen molar-refractivity contribution in [1.29, 1.82) is 0 Å². The summed E-state index contributed by atoms with van der Waals surface area (Å²) in [5.74, 6) is 0.552. The van der Waals surface area contributed by atoms with E-state index < -0.39 is 0 Å². The van der Waals surface area contributed by atoms with Gasteiger partial charge < -0.3 is 13.7 Å². The average molecular weight is 756 g/mol. The molecule has 3 heterocycles. The number of hydrogen-bond acceptors (Lipinski definition) is 5. The van der Waals surface area contributed by atoms with Crippen molar-refractivity contribution in [3.8, 4) is 33.8 Å². The third kappa shape index (κ3) is 5.47. The van der Waals surface area contributed by atoms with Crippen molar-refractivity contribution in [2.75, 3.05) is 4.90 Å². The lowest BCUT2D eigenvalue weighted by molar-refractivity contribution is 0.666. The SMILES string of the molecule is c1ccc(-c2ccc(N(c3cc(-c4nc(-c5ccccc5)c5oc6ccccc6c5n4)c4oc5cc6ccccc6cc5c4c3)c3cccc4ccccc34)cc2)cc1. The molecule has 3 aromatic heterocycles. The number of nitrogens with zero attached hydrogens (tertiary/aromatic N) is 3. The smallest absolute Gasteiger partial charge is 0.180 e. The predicted octanol–water partition coefficient (Wildman–Crippen LogP) is 15.1. The number of fused-ring (bicyclic) bond motifs is 8. The monoisotopic (exact) mass is 755 g/mol. The van der Waals surface area contributed by atoms with Crippen LogP contribution in [0.1, 0.15) is 0 Å². The van der Waals surface area contributed by atoms with Crippen LogP contribution in [-0.2, 0) is 0 Å². The quantitative estimate of drug-likeness (QED) is 0.169. The zero-order valence-electron chi connectivity index (χ0n) is 31.7. The van der Waals surface area contributed by atoms with E-state index in [1.54, 1.807) is 0 Å². The topological polar surface area (TPSA) is 55.3 Å². The van der Waals surface area contributed by atoms with Crippen LogP contribution >= 0.6 is 0 Å². The van der Waals surface area contributed by atoms with Crippen LogP contribution in [0.3, 0.4) is 0 Å². The summed E-state index contributed by atoms with van der Waals surface area (Å²) in [4.78, 5) is 13.1. The van der Waals surface area contributed by atoms with Crippen LogP contribution < -0.4 is 4.90 Å². The summed E-state index contributed by atoms with van der Waals surface area (Å²) in [6.45, 7) is 0. The molecule has 0 aliphatic rings. The third-order valence-electron chi connectivity index (χ3n) is 11.4. The predicted molar refractivity (Wildman–Crippen MR) is 243 cm³/mol. The van der Waals surface area contributed by atoms with Gasteiger partial charge in [0.15, 0.2) is 11.4 Å². The first kappa shape index (κ1) is 33.2. The Morgan fingerprint density at radius 3 is 1.80 bits per heavy atom. The summed E-state index contributed by atoms with van der Waals surface area (Å²) in [5.41, 5.74) is 11.5. The molecule has 5 heteroatoms. The zero-order valence-corrected chi connectivity index (χ0v) is 31.7. The summed E-state index contributed by atoms with van der Waals surface area (Å²) in [5, 5.41) is 7.49. The van der Waals surface area contributed by atoms with Crippen molar-refractivity contribution in [2.45, 2.75) is 0 Å². The van der Waals surface area contributed by atoms with Crippen molar-refractivity contribution >= 4 is 82.6 Å². The van der Waals surface area contributed by atoms with E-state index in [-0.39, 0.29) is 0 Å². The van der Waals surface area contributed by atoms with E-state index in [0.29, 0.717) is 11.4 Å². The van der Waals surface area contributed by atoms with E-state index in [1.165, 1.54) is 5.56 Å². The van der Waals surface area contributed by atoms with Gasteiger partial charge in [0.2, 0.25) is 0 Å². The second-order valence-corrected chi connectivity index (χ2v) is 15.0. The minimum Gasteiger partial charge on any atom is -0.455 e. The van der Waals surface area contributed by atoms with Crippen LogP contribution in [0, 0.1) is 0 Å². The molecule has 5 nitrogen and oxygen atoms in total. The van der Waals surface area contributed by atoms with Crippen LogP contribution in [0.15, 0.2) is 209 Å². The summed E-state index contributed by atoms with van der Waals surface area (Å²) in [7, 11) is 0. The fourth-order valence-corrected chi connectivity index (χ4v) is 8.61. The lowest BCUT2D eigenvalue weighted by Gasteiger charge is -2.27. The fourth-order valence-electron chi connectivity index (χ4n) is 8.61. The Hall–Kier alpha value is -8.02. The number of hydrogen-bond donors (Lipinski definition) is 0.